The molecule has 1 fully saturated rings. The number of urea groups is 2. The Morgan fingerprint density at radius 3 is 2.50 bits per heavy atom. The number of aromatic nitrogens is 1. The van der Waals surface area contributed by atoms with Gasteiger partial charge in [0.2, 0.25) is 0 Å². The Morgan fingerprint density at radius 1 is 1.00 bits per heavy atom. The number of rotatable bonds is 8. The minimum absolute atomic E-state index is 0.00723. The van der Waals surface area contributed by atoms with Crippen LogP contribution in [-0.2, 0) is 16.4 Å². The molecule has 9 nitrogen and oxygen atoms in total. The van der Waals surface area contributed by atoms with Crippen molar-refractivity contribution in [3.63, 3.8) is 0 Å². The highest BCUT2D eigenvalue weighted by molar-refractivity contribution is 7.90. The van der Waals surface area contributed by atoms with Crippen molar-refractivity contribution >= 4 is 38.8 Å². The summed E-state index contributed by atoms with van der Waals surface area (Å²) in [5, 5.41) is 6.70. The first-order valence-electron chi connectivity index (χ1n) is 12.8. The number of para-hydroxylation sites is 1. The van der Waals surface area contributed by atoms with Gasteiger partial charge in [0.25, 0.3) is 10.0 Å². The number of carbonyl (C=O) groups excluding carboxylic acids is 2. The van der Waals surface area contributed by atoms with Gasteiger partial charge in [-0.1, -0.05) is 42.5 Å². The average molecular weight is 534 g/mol. The number of nitrogens with one attached hydrogen (secondary N) is 3. The summed E-state index contributed by atoms with van der Waals surface area (Å²) in [7, 11) is -3.99. The lowest BCUT2D eigenvalue weighted by Gasteiger charge is -2.21. The van der Waals surface area contributed by atoms with Gasteiger partial charge in [-0.15, -0.1) is 0 Å². The van der Waals surface area contributed by atoms with Crippen molar-refractivity contribution in [3.05, 3.63) is 78.4 Å². The van der Waals surface area contributed by atoms with Gasteiger partial charge in [0, 0.05) is 24.5 Å². The first-order chi connectivity index (χ1) is 18.3. The minimum atomic E-state index is -3.99. The van der Waals surface area contributed by atoms with E-state index in [1.807, 2.05) is 43.3 Å². The summed E-state index contributed by atoms with van der Waals surface area (Å²) in [6.07, 6.45) is 6.62. The van der Waals surface area contributed by atoms with Gasteiger partial charge in [0.15, 0.2) is 0 Å². The standard InChI is InChI=1S/C28H31N5O4S/c1-2-33(26-14-11-21-5-3-4-6-24(21)30-26)28(35)29-16-15-19-8-12-23(13-9-19)38(36,37)32-27(34)31-25-18-20-7-10-22(25)17-20/h3-14,20,22,25H,2,15-18H2,1H3,(H,29,35)(H2,31,32,34). The number of sulfonamides is 1. The lowest BCUT2D eigenvalue weighted by Crippen LogP contribution is -2.45. The summed E-state index contributed by atoms with van der Waals surface area (Å²) >= 11 is 0. The summed E-state index contributed by atoms with van der Waals surface area (Å²) in [6, 6.07) is 16.8. The third kappa shape index (κ3) is 5.65. The zero-order chi connectivity index (χ0) is 26.7. The number of anilines is 1. The second-order valence-corrected chi connectivity index (χ2v) is 11.4. The second-order valence-electron chi connectivity index (χ2n) is 9.70. The molecule has 3 aromatic rings. The smallest absolute Gasteiger partial charge is 0.328 e. The Hall–Kier alpha value is -3.92. The van der Waals surface area contributed by atoms with E-state index in [9.17, 15) is 18.0 Å². The molecule has 4 amide bonds. The lowest BCUT2D eigenvalue weighted by molar-refractivity contribution is 0.240. The van der Waals surface area contributed by atoms with E-state index in [1.165, 1.54) is 12.1 Å². The van der Waals surface area contributed by atoms with Crippen molar-refractivity contribution in [1.29, 1.82) is 0 Å². The molecule has 0 spiro atoms. The van der Waals surface area contributed by atoms with Crippen LogP contribution < -0.4 is 20.3 Å². The van der Waals surface area contributed by atoms with E-state index in [1.54, 1.807) is 17.0 Å². The number of amides is 4. The maximum absolute atomic E-state index is 12.8. The molecule has 10 heteroatoms. The molecule has 0 aliphatic heterocycles. The van der Waals surface area contributed by atoms with E-state index in [0.29, 0.717) is 31.2 Å². The highest BCUT2D eigenvalue weighted by Gasteiger charge is 2.36. The van der Waals surface area contributed by atoms with Crippen molar-refractivity contribution in [2.24, 2.45) is 11.8 Å². The van der Waals surface area contributed by atoms with Gasteiger partial charge in [-0.05, 0) is 73.9 Å². The monoisotopic (exact) mass is 533 g/mol. The van der Waals surface area contributed by atoms with Crippen LogP contribution in [0.2, 0.25) is 0 Å². The molecule has 5 rings (SSSR count). The summed E-state index contributed by atoms with van der Waals surface area (Å²) in [5.41, 5.74) is 1.68. The van der Waals surface area contributed by atoms with E-state index in [-0.39, 0.29) is 22.9 Å². The quantitative estimate of drug-likeness (QED) is 0.379. The third-order valence-electron chi connectivity index (χ3n) is 7.17. The van der Waals surface area contributed by atoms with Crippen LogP contribution in [0, 0.1) is 11.8 Å². The number of benzene rings is 2. The van der Waals surface area contributed by atoms with Gasteiger partial charge < -0.3 is 10.6 Å². The zero-order valence-corrected chi connectivity index (χ0v) is 21.9. The summed E-state index contributed by atoms with van der Waals surface area (Å²) < 4.78 is 27.4. The number of carbonyl (C=O) groups is 2. The molecule has 1 aromatic heterocycles. The van der Waals surface area contributed by atoms with Crippen molar-refractivity contribution in [3.8, 4) is 0 Å². The minimum Gasteiger partial charge on any atom is -0.337 e. The van der Waals surface area contributed by atoms with Crippen molar-refractivity contribution in [2.75, 3.05) is 18.0 Å². The number of hydrogen-bond donors (Lipinski definition) is 3. The highest BCUT2D eigenvalue weighted by Crippen LogP contribution is 2.38. The summed E-state index contributed by atoms with van der Waals surface area (Å²) in [4.78, 5) is 31.3. The molecule has 2 aliphatic rings. The van der Waals surface area contributed by atoms with Gasteiger partial charge in [-0.2, -0.15) is 0 Å². The number of hydrogen-bond acceptors (Lipinski definition) is 5. The van der Waals surface area contributed by atoms with Gasteiger partial charge in [0.1, 0.15) is 5.82 Å². The zero-order valence-electron chi connectivity index (χ0n) is 21.1. The maximum Gasteiger partial charge on any atom is 0.328 e. The summed E-state index contributed by atoms with van der Waals surface area (Å²) in [6.45, 7) is 2.72. The van der Waals surface area contributed by atoms with E-state index < -0.39 is 16.1 Å². The molecule has 198 valence electrons. The van der Waals surface area contributed by atoms with Crippen molar-refractivity contribution in [2.45, 2.75) is 37.1 Å². The molecule has 0 saturated heterocycles. The number of pyridine rings is 1. The van der Waals surface area contributed by atoms with Gasteiger partial charge in [-0.3, -0.25) is 4.90 Å². The number of nitrogens with zero attached hydrogens (tertiary/aromatic N) is 2. The van der Waals surface area contributed by atoms with E-state index >= 15 is 0 Å². The van der Waals surface area contributed by atoms with Crippen LogP contribution >= 0.6 is 0 Å². The number of allylic oxidation sites excluding steroid dienone is 1. The molecule has 2 bridgehead atoms. The highest BCUT2D eigenvalue weighted by atomic mass is 32.2. The molecule has 3 atom stereocenters. The van der Waals surface area contributed by atoms with Crippen molar-refractivity contribution in [1.82, 2.24) is 20.3 Å². The van der Waals surface area contributed by atoms with Crippen LogP contribution in [0.1, 0.15) is 25.3 Å². The van der Waals surface area contributed by atoms with Gasteiger partial charge in [0.05, 0.1) is 10.4 Å². The molecular formula is C28H31N5O4S. The van der Waals surface area contributed by atoms with Crippen molar-refractivity contribution < 1.29 is 18.0 Å². The van der Waals surface area contributed by atoms with E-state index in [2.05, 4.69) is 32.5 Å². The molecule has 38 heavy (non-hydrogen) atoms. The fraction of sp³-hybridized carbons (Fsp3) is 0.321. The topological polar surface area (TPSA) is 121 Å². The fourth-order valence-corrected chi connectivity index (χ4v) is 6.10. The van der Waals surface area contributed by atoms with Crippen LogP contribution in [0.5, 0.6) is 0 Å². The molecule has 1 heterocycles. The largest absolute Gasteiger partial charge is 0.337 e. The van der Waals surface area contributed by atoms with E-state index in [4.69, 9.17) is 0 Å². The molecule has 1 saturated carbocycles. The van der Waals surface area contributed by atoms with Crippen LogP contribution in [0.4, 0.5) is 15.4 Å². The molecule has 2 aliphatic carbocycles. The molecule has 2 aromatic carbocycles. The van der Waals surface area contributed by atoms with Gasteiger partial charge in [-0.25, -0.2) is 27.7 Å². The van der Waals surface area contributed by atoms with E-state index in [0.717, 1.165) is 29.3 Å². The lowest BCUT2D eigenvalue weighted by atomic mass is 10.0. The first-order valence-corrected chi connectivity index (χ1v) is 14.3. The molecular weight excluding hydrogens is 502 g/mol. The predicted octanol–water partition coefficient (Wildman–Crippen LogP) is 3.97. The van der Waals surface area contributed by atoms with Crippen LogP contribution in [-0.4, -0.2) is 44.6 Å². The Morgan fingerprint density at radius 2 is 1.79 bits per heavy atom. The second kappa shape index (κ2) is 10.8. The molecule has 3 N–H and O–H groups in total. The normalized spacial score (nSPS) is 19.9. The predicted molar refractivity (Wildman–Crippen MR) is 146 cm³/mol. The fourth-order valence-electron chi connectivity index (χ4n) is 5.19. The maximum atomic E-state index is 12.8. The van der Waals surface area contributed by atoms with Gasteiger partial charge >= 0.3 is 12.1 Å². The third-order valence-corrected chi connectivity index (χ3v) is 8.51. The SMILES string of the molecule is CCN(C(=O)NCCc1ccc(S(=O)(=O)NC(=O)NC2CC3C=CC2C3)cc1)c1ccc2ccccc2n1. The Labute approximate surface area is 222 Å². The Kier molecular flexibility index (Phi) is 7.33. The molecule has 3 unspecified atom stereocenters. The van der Waals surface area contributed by atoms with Crippen LogP contribution in [0.3, 0.4) is 0 Å². The Balaban J connectivity index is 1.12. The van der Waals surface area contributed by atoms with Crippen LogP contribution in [0.25, 0.3) is 10.9 Å². The average Bonchev–Trinajstić information content (AvgIpc) is 3.52. The molecule has 0 radical (unpaired) electrons. The summed E-state index contributed by atoms with van der Waals surface area (Å²) in [5.74, 6) is 1.33. The first kappa shape index (κ1) is 25.7. The van der Waals surface area contributed by atoms with Crippen LogP contribution in [0.15, 0.2) is 77.7 Å². The number of fused-ring (bicyclic) bond motifs is 3. The Bertz CT molecular complexity index is 1470.